The number of aliphatic hydroxyl groups is 1. The highest BCUT2D eigenvalue weighted by Gasteiger charge is 2.38. The van der Waals surface area contributed by atoms with Gasteiger partial charge in [0.15, 0.2) is 0 Å². The van der Waals surface area contributed by atoms with Crippen LogP contribution in [0.2, 0.25) is 0 Å². The molecule has 20 heavy (non-hydrogen) atoms. The molecule has 2 N–H and O–H groups in total. The lowest BCUT2D eigenvalue weighted by Gasteiger charge is -2.38. The van der Waals surface area contributed by atoms with Crippen molar-refractivity contribution in [3.63, 3.8) is 0 Å². The van der Waals surface area contributed by atoms with Crippen LogP contribution < -0.4 is 4.72 Å². The number of benzene rings is 1. The van der Waals surface area contributed by atoms with Crippen LogP contribution >= 0.6 is 0 Å². The number of hydrogen-bond donors (Lipinski definition) is 2. The van der Waals surface area contributed by atoms with E-state index >= 15 is 0 Å². The van der Waals surface area contributed by atoms with Crippen molar-refractivity contribution in [1.29, 1.82) is 0 Å². The number of sulfonamides is 1. The van der Waals surface area contributed by atoms with Crippen molar-refractivity contribution in [3.05, 3.63) is 30.1 Å². The molecule has 0 amide bonds. The number of aliphatic hydroxyl groups excluding tert-OH is 1. The van der Waals surface area contributed by atoms with Crippen LogP contribution in [0.3, 0.4) is 0 Å². The van der Waals surface area contributed by atoms with E-state index < -0.39 is 21.4 Å². The van der Waals surface area contributed by atoms with Crippen molar-refractivity contribution in [2.45, 2.75) is 43.0 Å². The molecule has 0 saturated heterocycles. The first-order chi connectivity index (χ1) is 9.37. The fourth-order valence-electron chi connectivity index (χ4n) is 2.89. The topological polar surface area (TPSA) is 66.4 Å². The Morgan fingerprint density at radius 3 is 2.60 bits per heavy atom. The first kappa shape index (κ1) is 15.4. The third-order valence-electron chi connectivity index (χ3n) is 3.87. The molecule has 2 unspecified atom stereocenters. The summed E-state index contributed by atoms with van der Waals surface area (Å²) in [5, 5.41) is 9.63. The Morgan fingerprint density at radius 2 is 2.05 bits per heavy atom. The first-order valence-corrected chi connectivity index (χ1v) is 8.26. The lowest BCUT2D eigenvalue weighted by molar-refractivity contribution is 0.120. The van der Waals surface area contributed by atoms with Gasteiger partial charge in [0.05, 0.1) is 17.0 Å². The zero-order valence-corrected chi connectivity index (χ0v) is 12.3. The molecular weight excluding hydrogens is 281 g/mol. The van der Waals surface area contributed by atoms with Gasteiger partial charge in [0.25, 0.3) is 0 Å². The summed E-state index contributed by atoms with van der Waals surface area (Å²) >= 11 is 0. The highest BCUT2D eigenvalue weighted by molar-refractivity contribution is 7.89. The van der Waals surface area contributed by atoms with Crippen LogP contribution in [0, 0.1) is 11.7 Å². The molecule has 1 fully saturated rings. The largest absolute Gasteiger partial charge is 0.394 e. The van der Waals surface area contributed by atoms with E-state index in [0.717, 1.165) is 25.0 Å². The van der Waals surface area contributed by atoms with Crippen LogP contribution in [-0.2, 0) is 10.0 Å². The van der Waals surface area contributed by atoms with Gasteiger partial charge in [-0.15, -0.1) is 0 Å². The molecule has 1 aromatic carbocycles. The average Bonchev–Trinajstić information content (AvgIpc) is 2.38. The van der Waals surface area contributed by atoms with Crippen LogP contribution in [0.1, 0.15) is 32.6 Å². The summed E-state index contributed by atoms with van der Waals surface area (Å²) in [6.45, 7) is 1.83. The highest BCUT2D eigenvalue weighted by atomic mass is 32.2. The smallest absolute Gasteiger partial charge is 0.241 e. The molecule has 1 aromatic rings. The second-order valence-electron chi connectivity index (χ2n) is 5.70. The summed E-state index contributed by atoms with van der Waals surface area (Å²) in [5.41, 5.74) is -0.801. The third kappa shape index (κ3) is 3.37. The molecule has 0 aliphatic heterocycles. The van der Waals surface area contributed by atoms with E-state index in [1.165, 1.54) is 12.1 Å². The summed E-state index contributed by atoms with van der Waals surface area (Å²) in [6.07, 6.45) is 3.16. The predicted molar refractivity (Wildman–Crippen MR) is 74.2 cm³/mol. The van der Waals surface area contributed by atoms with Crippen LogP contribution in [-0.4, -0.2) is 25.7 Å². The SMILES string of the molecule is CC1CCCC(CO)(NS(=O)(=O)c2ccc(F)cc2)C1. The van der Waals surface area contributed by atoms with Gasteiger partial charge in [-0.2, -0.15) is 0 Å². The predicted octanol–water partition coefficient (Wildman–Crippen LogP) is 2.05. The molecule has 6 heteroatoms. The summed E-state index contributed by atoms with van der Waals surface area (Å²) in [6, 6.07) is 4.69. The van der Waals surface area contributed by atoms with Gasteiger partial charge >= 0.3 is 0 Å². The molecule has 0 radical (unpaired) electrons. The lowest BCUT2D eigenvalue weighted by atomic mass is 9.78. The van der Waals surface area contributed by atoms with Gasteiger partial charge in [-0.3, -0.25) is 0 Å². The van der Waals surface area contributed by atoms with Crippen molar-refractivity contribution in [1.82, 2.24) is 4.72 Å². The zero-order chi connectivity index (χ0) is 14.8. The molecule has 0 heterocycles. The number of halogens is 1. The molecule has 0 spiro atoms. The van der Waals surface area contributed by atoms with Crippen LogP contribution in [0.15, 0.2) is 29.2 Å². The Bertz CT molecular complexity index is 558. The maximum atomic E-state index is 12.9. The molecular formula is C14H20FNO3S. The minimum atomic E-state index is -3.75. The summed E-state index contributed by atoms with van der Waals surface area (Å²) in [4.78, 5) is 0.0185. The Kier molecular flexibility index (Phi) is 4.46. The molecule has 4 nitrogen and oxygen atoms in total. The maximum Gasteiger partial charge on any atom is 0.241 e. The third-order valence-corrected chi connectivity index (χ3v) is 5.46. The fraction of sp³-hybridized carbons (Fsp3) is 0.571. The molecule has 0 aromatic heterocycles. The van der Waals surface area contributed by atoms with Crippen LogP contribution in [0.25, 0.3) is 0 Å². The highest BCUT2D eigenvalue weighted by Crippen LogP contribution is 2.33. The normalized spacial score (nSPS) is 27.4. The number of rotatable bonds is 4. The standard InChI is InChI=1S/C14H20FNO3S/c1-11-3-2-8-14(9-11,10-17)16-20(18,19)13-6-4-12(15)5-7-13/h4-7,11,16-17H,2-3,8-10H2,1H3. The van der Waals surface area contributed by atoms with Gasteiger partial charge < -0.3 is 5.11 Å². The van der Waals surface area contributed by atoms with Gasteiger partial charge in [-0.05, 0) is 43.0 Å². The van der Waals surface area contributed by atoms with E-state index in [1.54, 1.807) is 0 Å². The summed E-state index contributed by atoms with van der Waals surface area (Å²) in [7, 11) is -3.75. The van der Waals surface area contributed by atoms with E-state index in [4.69, 9.17) is 0 Å². The maximum absolute atomic E-state index is 12.9. The molecule has 2 atom stereocenters. The molecule has 0 bridgehead atoms. The fourth-order valence-corrected chi connectivity index (χ4v) is 4.32. The van der Waals surface area contributed by atoms with Crippen LogP contribution in [0.4, 0.5) is 4.39 Å². The van der Waals surface area contributed by atoms with Crippen molar-refractivity contribution < 1.29 is 17.9 Å². The monoisotopic (exact) mass is 301 g/mol. The minimum Gasteiger partial charge on any atom is -0.394 e. The average molecular weight is 301 g/mol. The molecule has 1 aliphatic rings. The second kappa shape index (κ2) is 5.79. The quantitative estimate of drug-likeness (QED) is 0.894. The van der Waals surface area contributed by atoms with E-state index in [1.807, 2.05) is 0 Å². The Labute approximate surface area is 119 Å². The van der Waals surface area contributed by atoms with Gasteiger partial charge in [0, 0.05) is 0 Å². The molecule has 1 aliphatic carbocycles. The first-order valence-electron chi connectivity index (χ1n) is 6.77. The van der Waals surface area contributed by atoms with Crippen molar-refractivity contribution >= 4 is 10.0 Å². The van der Waals surface area contributed by atoms with E-state index in [9.17, 15) is 17.9 Å². The Morgan fingerprint density at radius 1 is 1.40 bits per heavy atom. The van der Waals surface area contributed by atoms with Gasteiger partial charge in [-0.1, -0.05) is 19.8 Å². The summed E-state index contributed by atoms with van der Waals surface area (Å²) in [5.74, 6) is -0.112. The Balaban J connectivity index is 2.23. The van der Waals surface area contributed by atoms with E-state index in [2.05, 4.69) is 11.6 Å². The molecule has 2 rings (SSSR count). The van der Waals surface area contributed by atoms with E-state index in [0.29, 0.717) is 18.8 Å². The Hall–Kier alpha value is -0.980. The van der Waals surface area contributed by atoms with Crippen molar-refractivity contribution in [3.8, 4) is 0 Å². The minimum absolute atomic E-state index is 0.0185. The zero-order valence-electron chi connectivity index (χ0n) is 11.5. The lowest BCUT2D eigenvalue weighted by Crippen LogP contribution is -2.53. The summed E-state index contributed by atoms with van der Waals surface area (Å²) < 4.78 is 40.2. The van der Waals surface area contributed by atoms with Crippen molar-refractivity contribution in [2.75, 3.05) is 6.61 Å². The second-order valence-corrected chi connectivity index (χ2v) is 7.38. The van der Waals surface area contributed by atoms with Crippen LogP contribution in [0.5, 0.6) is 0 Å². The number of hydrogen-bond acceptors (Lipinski definition) is 3. The van der Waals surface area contributed by atoms with Crippen molar-refractivity contribution in [2.24, 2.45) is 5.92 Å². The van der Waals surface area contributed by atoms with Gasteiger partial charge in [0.1, 0.15) is 5.82 Å². The molecule has 1 saturated carbocycles. The molecule has 112 valence electrons. The van der Waals surface area contributed by atoms with E-state index in [-0.39, 0.29) is 11.5 Å². The van der Waals surface area contributed by atoms with Gasteiger partial charge in [0.2, 0.25) is 10.0 Å². The number of nitrogens with one attached hydrogen (secondary N) is 1. The van der Waals surface area contributed by atoms with Gasteiger partial charge in [-0.25, -0.2) is 17.5 Å².